The maximum atomic E-state index is 11.9. The number of nitrogens with one attached hydrogen (secondary N) is 1. The number of benzene rings is 1. The zero-order valence-corrected chi connectivity index (χ0v) is 14.5. The van der Waals surface area contributed by atoms with Crippen molar-refractivity contribution < 1.29 is 14.6 Å². The van der Waals surface area contributed by atoms with Gasteiger partial charge < -0.3 is 14.6 Å². The molecule has 1 aromatic rings. The fourth-order valence-corrected chi connectivity index (χ4v) is 2.28. The van der Waals surface area contributed by atoms with Gasteiger partial charge in [0, 0.05) is 37.9 Å². The van der Waals surface area contributed by atoms with Crippen LogP contribution in [0.25, 0.3) is 0 Å². The summed E-state index contributed by atoms with van der Waals surface area (Å²) in [6.07, 6.45) is 0. The Hall–Kier alpha value is -2.35. The summed E-state index contributed by atoms with van der Waals surface area (Å²) < 4.78 is 0. The van der Waals surface area contributed by atoms with Gasteiger partial charge >= 0.3 is 5.97 Å². The van der Waals surface area contributed by atoms with E-state index in [1.807, 2.05) is 0 Å². The molecule has 132 valence electrons. The van der Waals surface area contributed by atoms with Gasteiger partial charge in [0.2, 0.25) is 0 Å². The van der Waals surface area contributed by atoms with Crippen LogP contribution in [0.3, 0.4) is 0 Å². The summed E-state index contributed by atoms with van der Waals surface area (Å²) in [5.74, 6) is -0.484. The highest BCUT2D eigenvalue weighted by molar-refractivity contribution is 5.77. The first-order valence-corrected chi connectivity index (χ1v) is 7.87. The Morgan fingerprint density at radius 3 is 2.42 bits per heavy atom. The van der Waals surface area contributed by atoms with Crippen LogP contribution in [0.2, 0.25) is 0 Å². The molecule has 8 heteroatoms. The van der Waals surface area contributed by atoms with Gasteiger partial charge in [-0.15, -0.1) is 0 Å². The number of nitrogens with zero attached hydrogens (tertiary/aromatic N) is 3. The molecule has 8 nitrogen and oxygen atoms in total. The van der Waals surface area contributed by atoms with Gasteiger partial charge in [-0.1, -0.05) is 0 Å². The quantitative estimate of drug-likeness (QED) is 0.666. The van der Waals surface area contributed by atoms with E-state index in [-0.39, 0.29) is 11.4 Å². The van der Waals surface area contributed by atoms with Gasteiger partial charge in [0.15, 0.2) is 5.69 Å². The van der Waals surface area contributed by atoms with Crippen LogP contribution in [0.1, 0.15) is 20.8 Å². The van der Waals surface area contributed by atoms with Crippen molar-refractivity contribution in [1.82, 2.24) is 4.90 Å². The van der Waals surface area contributed by atoms with Crippen molar-refractivity contribution in [2.24, 2.45) is 5.41 Å². The van der Waals surface area contributed by atoms with Gasteiger partial charge in [-0.2, -0.15) is 0 Å². The van der Waals surface area contributed by atoms with Crippen LogP contribution >= 0.6 is 0 Å². The fraction of sp³-hybridized carbons (Fsp3) is 0.562. The Balaban J connectivity index is 2.19. The topological polar surface area (TPSA) is 88.0 Å². The Bertz CT molecular complexity index is 619. The van der Waals surface area contributed by atoms with E-state index in [0.717, 1.165) is 31.9 Å². The van der Waals surface area contributed by atoms with E-state index in [9.17, 15) is 14.9 Å². The number of anilines is 2. The van der Waals surface area contributed by atoms with Gasteiger partial charge in [0.25, 0.3) is 5.69 Å². The molecule has 0 amide bonds. The van der Waals surface area contributed by atoms with E-state index in [0.29, 0.717) is 0 Å². The second-order valence-electron chi connectivity index (χ2n) is 6.99. The summed E-state index contributed by atoms with van der Waals surface area (Å²) in [5, 5.41) is 11.2. The highest BCUT2D eigenvalue weighted by atomic mass is 16.7. The van der Waals surface area contributed by atoms with Crippen LogP contribution in [0, 0.1) is 15.5 Å². The predicted octanol–water partition coefficient (Wildman–Crippen LogP) is 2.26. The maximum absolute atomic E-state index is 11.9. The summed E-state index contributed by atoms with van der Waals surface area (Å²) in [6.45, 7) is 8.69. The third-order valence-corrected chi connectivity index (χ3v) is 3.91. The van der Waals surface area contributed by atoms with Crippen molar-refractivity contribution in [1.29, 1.82) is 0 Å². The van der Waals surface area contributed by atoms with Crippen molar-refractivity contribution in [2.75, 3.05) is 43.6 Å². The number of nitro benzene ring substituents is 1. The Labute approximate surface area is 141 Å². The van der Waals surface area contributed by atoms with Crippen molar-refractivity contribution in [3.05, 3.63) is 28.3 Å². The Morgan fingerprint density at radius 1 is 1.25 bits per heavy atom. The average molecular weight is 336 g/mol. The summed E-state index contributed by atoms with van der Waals surface area (Å²) in [7, 11) is 2.06. The van der Waals surface area contributed by atoms with E-state index >= 15 is 0 Å². The first-order valence-electron chi connectivity index (χ1n) is 7.87. The van der Waals surface area contributed by atoms with Crippen molar-refractivity contribution in [3.63, 3.8) is 0 Å². The van der Waals surface area contributed by atoms with Gasteiger partial charge in [-0.3, -0.25) is 10.1 Å². The summed E-state index contributed by atoms with van der Waals surface area (Å²) in [4.78, 5) is 32.0. The minimum Gasteiger partial charge on any atom is -0.369 e. The lowest BCUT2D eigenvalue weighted by molar-refractivity contribution is -0.384. The van der Waals surface area contributed by atoms with Crippen LogP contribution in [0.15, 0.2) is 18.2 Å². The molecule has 0 bridgehead atoms. The molecular weight excluding hydrogens is 312 g/mol. The van der Waals surface area contributed by atoms with Crippen LogP contribution in [0.4, 0.5) is 17.1 Å². The monoisotopic (exact) mass is 336 g/mol. The normalized spacial score (nSPS) is 15.9. The number of hydrogen-bond acceptors (Lipinski definition) is 7. The van der Waals surface area contributed by atoms with E-state index < -0.39 is 16.3 Å². The van der Waals surface area contributed by atoms with Gasteiger partial charge in [0.1, 0.15) is 0 Å². The van der Waals surface area contributed by atoms with Crippen LogP contribution in [0.5, 0.6) is 0 Å². The first-order chi connectivity index (χ1) is 11.2. The maximum Gasteiger partial charge on any atom is 0.337 e. The Kier molecular flexibility index (Phi) is 5.28. The molecule has 1 saturated heterocycles. The van der Waals surface area contributed by atoms with Crippen molar-refractivity contribution in [3.8, 4) is 0 Å². The zero-order valence-electron chi connectivity index (χ0n) is 14.5. The largest absolute Gasteiger partial charge is 0.369 e. The molecule has 0 aromatic heterocycles. The molecule has 0 radical (unpaired) electrons. The first kappa shape index (κ1) is 18.0. The third-order valence-electron chi connectivity index (χ3n) is 3.91. The van der Waals surface area contributed by atoms with Gasteiger partial charge in [-0.05, 0) is 40.0 Å². The number of carbonyl (C=O) groups is 1. The van der Waals surface area contributed by atoms with Crippen molar-refractivity contribution >= 4 is 23.0 Å². The molecule has 0 aliphatic carbocycles. The lowest BCUT2D eigenvalue weighted by atomic mass is 9.98. The molecule has 0 spiro atoms. The van der Waals surface area contributed by atoms with Gasteiger partial charge in [-0.25, -0.2) is 10.3 Å². The highest BCUT2D eigenvalue weighted by Crippen LogP contribution is 2.30. The number of hydrogen-bond donors (Lipinski definition) is 1. The molecule has 1 aliphatic rings. The van der Waals surface area contributed by atoms with Crippen molar-refractivity contribution in [2.45, 2.75) is 20.8 Å². The SMILES string of the molecule is CN1CCN(c2ccc([N+](=O)[O-])c(NOC(=O)C(C)(C)C)c2)CC1. The molecule has 0 atom stereocenters. The lowest BCUT2D eigenvalue weighted by Crippen LogP contribution is -2.44. The second-order valence-corrected chi connectivity index (χ2v) is 6.99. The Morgan fingerprint density at radius 2 is 1.88 bits per heavy atom. The molecule has 2 rings (SSSR count). The molecule has 1 fully saturated rings. The summed E-state index contributed by atoms with van der Waals surface area (Å²) in [5.41, 5.74) is 2.67. The fourth-order valence-electron chi connectivity index (χ4n) is 2.28. The summed E-state index contributed by atoms with van der Waals surface area (Å²) >= 11 is 0. The number of carbonyl (C=O) groups excluding carboxylic acids is 1. The standard InChI is InChI=1S/C16H24N4O4/c1-16(2,3)15(21)24-17-13-11-12(5-6-14(13)20(22)23)19-9-7-18(4)8-10-19/h5-6,11,17H,7-10H2,1-4H3. The molecule has 1 N–H and O–H groups in total. The second kappa shape index (κ2) is 7.04. The molecule has 1 aliphatic heterocycles. The molecular formula is C16H24N4O4. The van der Waals surface area contributed by atoms with E-state index in [1.54, 1.807) is 32.9 Å². The highest BCUT2D eigenvalue weighted by Gasteiger charge is 2.25. The lowest BCUT2D eigenvalue weighted by Gasteiger charge is -2.34. The molecule has 1 aromatic carbocycles. The summed E-state index contributed by atoms with van der Waals surface area (Å²) in [6, 6.07) is 4.81. The third kappa shape index (κ3) is 4.35. The smallest absolute Gasteiger partial charge is 0.337 e. The zero-order chi connectivity index (χ0) is 17.9. The molecule has 1 heterocycles. The van der Waals surface area contributed by atoms with Crippen LogP contribution < -0.4 is 10.4 Å². The minimum absolute atomic E-state index is 0.130. The van der Waals surface area contributed by atoms with E-state index in [1.165, 1.54) is 6.07 Å². The molecule has 0 unspecified atom stereocenters. The molecule has 0 saturated carbocycles. The minimum atomic E-state index is -0.698. The molecule has 24 heavy (non-hydrogen) atoms. The number of likely N-dealkylation sites (N-methyl/N-ethyl adjacent to an activating group) is 1. The van der Waals surface area contributed by atoms with Gasteiger partial charge in [0.05, 0.1) is 10.3 Å². The number of rotatable bonds is 4. The van der Waals surface area contributed by atoms with E-state index in [4.69, 9.17) is 4.84 Å². The predicted molar refractivity (Wildman–Crippen MR) is 92.0 cm³/mol. The van der Waals surface area contributed by atoms with Crippen LogP contribution in [-0.2, 0) is 9.63 Å². The van der Waals surface area contributed by atoms with E-state index in [2.05, 4.69) is 22.3 Å². The average Bonchev–Trinajstić information content (AvgIpc) is 2.52. The number of piperazine rings is 1. The number of nitro groups is 1. The van der Waals surface area contributed by atoms with Crippen LogP contribution in [-0.4, -0.2) is 49.0 Å².